The van der Waals surface area contributed by atoms with Crippen LogP contribution >= 0.6 is 0 Å². The zero-order valence-corrected chi connectivity index (χ0v) is 16.7. The zero-order valence-electron chi connectivity index (χ0n) is 15.9. The Balaban J connectivity index is 1.85. The fourth-order valence-corrected chi connectivity index (χ4v) is 5.13. The number of hydrogen-bond donors (Lipinski definition) is 0. The summed E-state index contributed by atoms with van der Waals surface area (Å²) in [5, 5.41) is 0. The largest absolute Gasteiger partial charge is 0.451 e. The zero-order chi connectivity index (χ0) is 21.2. The molecular formula is C20H22F3NO4S. The highest BCUT2D eigenvalue weighted by atomic mass is 32.2. The standard InChI is InChI=1S/C20H22F3NO4S/c1-2-3-10-24(16-9-11-29(26,27)13-16)19(25)18-8-7-17(28-18)14-5-4-6-15(12-14)20(21,22)23/h4-8,12,16H,2-3,9-11,13H2,1H3. The number of nitrogens with zero attached hydrogens (tertiary/aromatic N) is 1. The van der Waals surface area contributed by atoms with E-state index >= 15 is 0 Å². The van der Waals surface area contributed by atoms with Gasteiger partial charge in [-0.3, -0.25) is 4.79 Å². The number of benzene rings is 1. The van der Waals surface area contributed by atoms with Crippen molar-refractivity contribution in [1.82, 2.24) is 4.90 Å². The van der Waals surface area contributed by atoms with Crippen molar-refractivity contribution in [2.75, 3.05) is 18.1 Å². The first-order chi connectivity index (χ1) is 13.6. The lowest BCUT2D eigenvalue weighted by molar-refractivity contribution is -0.137. The summed E-state index contributed by atoms with van der Waals surface area (Å²) in [6, 6.07) is 7.13. The summed E-state index contributed by atoms with van der Waals surface area (Å²) in [4.78, 5) is 14.5. The molecule has 1 saturated heterocycles. The summed E-state index contributed by atoms with van der Waals surface area (Å²) in [7, 11) is -3.17. The van der Waals surface area contributed by atoms with Crippen LogP contribution in [-0.2, 0) is 16.0 Å². The van der Waals surface area contributed by atoms with Crippen LogP contribution in [0.4, 0.5) is 13.2 Å². The monoisotopic (exact) mass is 429 g/mol. The predicted molar refractivity (Wildman–Crippen MR) is 102 cm³/mol. The Morgan fingerprint density at radius 1 is 1.24 bits per heavy atom. The molecule has 1 aliphatic rings. The minimum absolute atomic E-state index is 0.0159. The third-order valence-electron chi connectivity index (χ3n) is 4.95. The Labute approximate surface area is 167 Å². The number of unbranched alkanes of at least 4 members (excludes halogenated alkanes) is 1. The fraction of sp³-hybridized carbons (Fsp3) is 0.450. The quantitative estimate of drug-likeness (QED) is 0.683. The van der Waals surface area contributed by atoms with Gasteiger partial charge in [-0.05, 0) is 37.1 Å². The molecule has 0 bridgehead atoms. The average molecular weight is 429 g/mol. The number of halogens is 3. The summed E-state index contributed by atoms with van der Waals surface area (Å²) < 4.78 is 68.0. The van der Waals surface area contributed by atoms with E-state index in [1.807, 2.05) is 6.92 Å². The summed E-state index contributed by atoms with van der Waals surface area (Å²) in [5.74, 6) is -0.351. The van der Waals surface area contributed by atoms with Crippen LogP contribution in [0.25, 0.3) is 11.3 Å². The highest BCUT2D eigenvalue weighted by Gasteiger charge is 2.36. The minimum Gasteiger partial charge on any atom is -0.451 e. The van der Waals surface area contributed by atoms with Crippen molar-refractivity contribution in [3.8, 4) is 11.3 Å². The molecule has 1 atom stereocenters. The molecule has 1 aliphatic heterocycles. The van der Waals surface area contributed by atoms with Gasteiger partial charge in [0.15, 0.2) is 15.6 Å². The van der Waals surface area contributed by atoms with Crippen molar-refractivity contribution in [2.45, 2.75) is 38.4 Å². The van der Waals surface area contributed by atoms with E-state index in [0.29, 0.717) is 19.4 Å². The smallest absolute Gasteiger partial charge is 0.416 e. The molecule has 1 fully saturated rings. The molecule has 5 nitrogen and oxygen atoms in total. The molecule has 158 valence electrons. The molecule has 0 radical (unpaired) electrons. The molecular weight excluding hydrogens is 407 g/mol. The van der Waals surface area contributed by atoms with Gasteiger partial charge in [0.05, 0.1) is 17.1 Å². The molecule has 3 rings (SSSR count). The second-order valence-electron chi connectivity index (χ2n) is 7.15. The summed E-state index contributed by atoms with van der Waals surface area (Å²) >= 11 is 0. The Morgan fingerprint density at radius 2 is 2.00 bits per heavy atom. The topological polar surface area (TPSA) is 67.6 Å². The summed E-state index contributed by atoms with van der Waals surface area (Å²) in [6.45, 7) is 2.36. The van der Waals surface area contributed by atoms with E-state index < -0.39 is 33.5 Å². The average Bonchev–Trinajstić information content (AvgIpc) is 3.28. The van der Waals surface area contributed by atoms with Crippen LogP contribution in [-0.4, -0.2) is 43.3 Å². The lowest BCUT2D eigenvalue weighted by Gasteiger charge is -2.27. The first-order valence-electron chi connectivity index (χ1n) is 9.39. The van der Waals surface area contributed by atoms with Crippen LogP contribution in [0.2, 0.25) is 0 Å². The lowest BCUT2D eigenvalue weighted by Crippen LogP contribution is -2.41. The van der Waals surface area contributed by atoms with Crippen molar-refractivity contribution in [1.29, 1.82) is 0 Å². The van der Waals surface area contributed by atoms with E-state index in [4.69, 9.17) is 4.42 Å². The molecule has 2 heterocycles. The summed E-state index contributed by atoms with van der Waals surface area (Å²) in [5.41, 5.74) is -0.595. The van der Waals surface area contributed by atoms with Crippen molar-refractivity contribution >= 4 is 15.7 Å². The van der Waals surface area contributed by atoms with Gasteiger partial charge in [-0.25, -0.2) is 8.42 Å². The van der Waals surface area contributed by atoms with Crippen LogP contribution in [0.3, 0.4) is 0 Å². The van der Waals surface area contributed by atoms with Gasteiger partial charge in [0.1, 0.15) is 5.76 Å². The lowest BCUT2D eigenvalue weighted by atomic mass is 10.1. The third kappa shape index (κ3) is 5.01. The maximum Gasteiger partial charge on any atom is 0.416 e. The Bertz CT molecular complexity index is 982. The molecule has 9 heteroatoms. The third-order valence-corrected chi connectivity index (χ3v) is 6.70. The minimum atomic E-state index is -4.48. The van der Waals surface area contributed by atoms with Gasteiger partial charge in [-0.15, -0.1) is 0 Å². The number of amides is 1. The Kier molecular flexibility index (Phi) is 6.07. The van der Waals surface area contributed by atoms with Gasteiger partial charge < -0.3 is 9.32 Å². The first kappa shape index (κ1) is 21.4. The number of furan rings is 1. The Morgan fingerprint density at radius 3 is 2.62 bits per heavy atom. The first-order valence-corrected chi connectivity index (χ1v) is 11.2. The highest BCUT2D eigenvalue weighted by molar-refractivity contribution is 7.91. The number of carbonyl (C=O) groups is 1. The summed E-state index contributed by atoms with van der Waals surface area (Å²) in [6.07, 6.45) is -2.56. The molecule has 0 saturated carbocycles. The van der Waals surface area contributed by atoms with E-state index in [1.165, 1.54) is 29.2 Å². The van der Waals surface area contributed by atoms with E-state index in [-0.39, 0.29) is 28.6 Å². The van der Waals surface area contributed by atoms with E-state index in [9.17, 15) is 26.4 Å². The number of hydrogen-bond acceptors (Lipinski definition) is 4. The van der Waals surface area contributed by atoms with Gasteiger partial charge >= 0.3 is 6.18 Å². The molecule has 1 amide bonds. The maximum atomic E-state index is 13.0. The normalized spacial score (nSPS) is 18.7. The SMILES string of the molecule is CCCCN(C(=O)c1ccc(-c2cccc(C(F)(F)F)c2)o1)C1CCS(=O)(=O)C1. The highest BCUT2D eigenvalue weighted by Crippen LogP contribution is 2.33. The molecule has 0 aliphatic carbocycles. The number of carbonyl (C=O) groups excluding carboxylic acids is 1. The van der Waals surface area contributed by atoms with E-state index in [2.05, 4.69) is 0 Å². The number of rotatable bonds is 6. The van der Waals surface area contributed by atoms with Crippen molar-refractivity contribution in [3.63, 3.8) is 0 Å². The van der Waals surface area contributed by atoms with E-state index in [0.717, 1.165) is 18.6 Å². The van der Waals surface area contributed by atoms with Crippen molar-refractivity contribution in [2.24, 2.45) is 0 Å². The van der Waals surface area contributed by atoms with Gasteiger partial charge in [-0.2, -0.15) is 13.2 Å². The molecule has 1 aromatic heterocycles. The fourth-order valence-electron chi connectivity index (χ4n) is 3.40. The van der Waals surface area contributed by atoms with Crippen LogP contribution in [0.1, 0.15) is 42.3 Å². The van der Waals surface area contributed by atoms with Gasteiger partial charge in [0.25, 0.3) is 5.91 Å². The van der Waals surface area contributed by atoms with E-state index in [1.54, 1.807) is 0 Å². The molecule has 2 aromatic rings. The van der Waals surface area contributed by atoms with Gasteiger partial charge in [-0.1, -0.05) is 25.5 Å². The maximum absolute atomic E-state index is 13.0. The van der Waals surface area contributed by atoms with Crippen LogP contribution in [0.5, 0.6) is 0 Å². The second kappa shape index (κ2) is 8.22. The van der Waals surface area contributed by atoms with Crippen LogP contribution < -0.4 is 0 Å². The van der Waals surface area contributed by atoms with Crippen LogP contribution in [0, 0.1) is 0 Å². The molecule has 1 aromatic carbocycles. The van der Waals surface area contributed by atoms with Crippen molar-refractivity contribution < 1.29 is 30.8 Å². The van der Waals surface area contributed by atoms with Crippen LogP contribution in [0.15, 0.2) is 40.8 Å². The molecule has 0 N–H and O–H groups in total. The molecule has 29 heavy (non-hydrogen) atoms. The molecule has 1 unspecified atom stereocenters. The Hall–Kier alpha value is -2.29. The number of sulfone groups is 1. The predicted octanol–water partition coefficient (Wildman–Crippen LogP) is 4.39. The molecule has 0 spiro atoms. The van der Waals surface area contributed by atoms with Gasteiger partial charge in [0, 0.05) is 18.2 Å². The van der Waals surface area contributed by atoms with Crippen molar-refractivity contribution in [3.05, 3.63) is 47.7 Å². The van der Waals surface area contributed by atoms with Gasteiger partial charge in [0.2, 0.25) is 0 Å². The number of alkyl halides is 3. The second-order valence-corrected chi connectivity index (χ2v) is 9.38.